The van der Waals surface area contributed by atoms with Gasteiger partial charge in [-0.05, 0) is 31.0 Å². The van der Waals surface area contributed by atoms with E-state index in [1.165, 1.54) is 0 Å². The summed E-state index contributed by atoms with van der Waals surface area (Å²) in [7, 11) is 1.59. The lowest BCUT2D eigenvalue weighted by molar-refractivity contribution is -0.123. The third-order valence-corrected chi connectivity index (χ3v) is 4.51. The van der Waals surface area contributed by atoms with E-state index in [2.05, 4.69) is 21.4 Å². The molecule has 2 aromatic rings. The number of aromatic nitrogens is 2. The monoisotopic (exact) mass is 337 g/mol. The summed E-state index contributed by atoms with van der Waals surface area (Å²) in [6, 6.07) is 11.3. The normalized spacial score (nSPS) is 19.6. The minimum Gasteiger partial charge on any atom is -0.495 e. The van der Waals surface area contributed by atoms with E-state index < -0.39 is 5.41 Å². The van der Waals surface area contributed by atoms with E-state index in [1.807, 2.05) is 31.2 Å². The summed E-state index contributed by atoms with van der Waals surface area (Å²) in [5, 5.41) is 12.5. The third-order valence-electron chi connectivity index (χ3n) is 4.51. The van der Waals surface area contributed by atoms with Crippen LogP contribution in [0.3, 0.4) is 0 Å². The van der Waals surface area contributed by atoms with Gasteiger partial charge in [-0.3, -0.25) is 9.69 Å². The van der Waals surface area contributed by atoms with Gasteiger partial charge in [-0.1, -0.05) is 19.1 Å². The van der Waals surface area contributed by atoms with E-state index in [0.29, 0.717) is 36.9 Å². The van der Waals surface area contributed by atoms with Crippen LogP contribution < -0.4 is 15.0 Å². The molecule has 25 heavy (non-hydrogen) atoms. The molecule has 0 spiro atoms. The molecule has 7 nitrogen and oxygen atoms in total. The maximum absolute atomic E-state index is 12.7. The molecule has 0 radical (unpaired) electrons. The molecule has 1 fully saturated rings. The van der Waals surface area contributed by atoms with Crippen LogP contribution in [0.1, 0.15) is 19.8 Å². The number of methoxy groups -OCH3 is 1. The fourth-order valence-electron chi connectivity index (χ4n) is 2.93. The van der Waals surface area contributed by atoms with Gasteiger partial charge in [-0.2, -0.15) is 10.2 Å². The van der Waals surface area contributed by atoms with Gasteiger partial charge in [0.05, 0.1) is 18.9 Å². The van der Waals surface area contributed by atoms with Crippen molar-refractivity contribution in [3.63, 3.8) is 0 Å². The van der Waals surface area contributed by atoms with Crippen molar-refractivity contribution in [2.45, 2.75) is 19.8 Å². The van der Waals surface area contributed by atoms with Crippen molar-refractivity contribution in [3.05, 3.63) is 36.5 Å². The van der Waals surface area contributed by atoms with E-state index in [1.54, 1.807) is 24.3 Å². The molecule has 1 aliphatic rings. The van der Waals surface area contributed by atoms with Crippen molar-refractivity contribution in [1.29, 1.82) is 5.26 Å². The molecular formula is C18H19N5O2. The Morgan fingerprint density at radius 2 is 2.20 bits per heavy atom. The predicted octanol–water partition coefficient (Wildman–Crippen LogP) is 2.89. The van der Waals surface area contributed by atoms with Gasteiger partial charge in [0, 0.05) is 12.7 Å². The molecule has 1 saturated heterocycles. The molecule has 1 unspecified atom stereocenters. The first-order chi connectivity index (χ1) is 12.1. The lowest BCUT2D eigenvalue weighted by atomic mass is 9.85. The van der Waals surface area contributed by atoms with Crippen LogP contribution in [0.25, 0.3) is 0 Å². The summed E-state index contributed by atoms with van der Waals surface area (Å²) in [6.45, 7) is 2.34. The van der Waals surface area contributed by atoms with Gasteiger partial charge in [-0.25, -0.2) is 4.98 Å². The SMILES string of the molecule is CCC1(C#N)CCN(c2ccnc(Nc3ccccc3OC)n2)C1=O. The molecule has 0 saturated carbocycles. The Morgan fingerprint density at radius 3 is 2.88 bits per heavy atom. The predicted molar refractivity (Wildman–Crippen MR) is 93.6 cm³/mol. The van der Waals surface area contributed by atoms with Crippen LogP contribution in [-0.4, -0.2) is 29.5 Å². The molecule has 1 aliphatic heterocycles. The highest BCUT2D eigenvalue weighted by Gasteiger charge is 2.46. The summed E-state index contributed by atoms with van der Waals surface area (Å²) in [6.07, 6.45) is 2.60. The number of hydrogen-bond donors (Lipinski definition) is 1. The second-order valence-corrected chi connectivity index (χ2v) is 5.82. The number of hydrogen-bond acceptors (Lipinski definition) is 6. The highest BCUT2D eigenvalue weighted by atomic mass is 16.5. The molecule has 1 amide bonds. The van der Waals surface area contributed by atoms with Crippen LogP contribution in [0, 0.1) is 16.7 Å². The van der Waals surface area contributed by atoms with Crippen molar-refractivity contribution >= 4 is 23.4 Å². The quantitative estimate of drug-likeness (QED) is 0.902. The number of benzene rings is 1. The molecule has 0 aliphatic carbocycles. The summed E-state index contributed by atoms with van der Waals surface area (Å²) in [5.41, 5.74) is -0.212. The summed E-state index contributed by atoms with van der Waals surface area (Å²) in [4.78, 5) is 22.9. The van der Waals surface area contributed by atoms with Gasteiger partial charge in [0.25, 0.3) is 0 Å². The first kappa shape index (κ1) is 16.7. The topological polar surface area (TPSA) is 91.1 Å². The number of carbonyl (C=O) groups excluding carboxylic acids is 1. The first-order valence-corrected chi connectivity index (χ1v) is 8.10. The third kappa shape index (κ3) is 2.98. The number of anilines is 3. The molecular weight excluding hydrogens is 318 g/mol. The van der Waals surface area contributed by atoms with Crippen LogP contribution in [-0.2, 0) is 4.79 Å². The van der Waals surface area contributed by atoms with Gasteiger partial charge >= 0.3 is 0 Å². The van der Waals surface area contributed by atoms with E-state index in [9.17, 15) is 10.1 Å². The van der Waals surface area contributed by atoms with Gasteiger partial charge in [0.15, 0.2) is 0 Å². The maximum atomic E-state index is 12.7. The Kier molecular flexibility index (Phi) is 4.52. The first-order valence-electron chi connectivity index (χ1n) is 8.10. The number of carbonyl (C=O) groups is 1. The number of rotatable bonds is 5. The number of para-hydroxylation sites is 2. The molecule has 1 N–H and O–H groups in total. The fourth-order valence-corrected chi connectivity index (χ4v) is 2.93. The molecule has 2 heterocycles. The van der Waals surface area contributed by atoms with E-state index in [0.717, 1.165) is 5.69 Å². The Morgan fingerprint density at radius 1 is 1.40 bits per heavy atom. The molecule has 0 bridgehead atoms. The Bertz CT molecular complexity index is 832. The van der Waals surface area contributed by atoms with Crippen LogP contribution in [0.4, 0.5) is 17.5 Å². The van der Waals surface area contributed by atoms with Gasteiger partial charge < -0.3 is 10.1 Å². The number of nitrogens with zero attached hydrogens (tertiary/aromatic N) is 4. The van der Waals surface area contributed by atoms with E-state index >= 15 is 0 Å². The second kappa shape index (κ2) is 6.77. The number of nitrogens with one attached hydrogen (secondary N) is 1. The number of amides is 1. The number of ether oxygens (including phenoxy) is 1. The lowest BCUT2D eigenvalue weighted by Gasteiger charge is -2.19. The summed E-state index contributed by atoms with van der Waals surface area (Å²) in [5.74, 6) is 1.33. The highest BCUT2D eigenvalue weighted by Crippen LogP contribution is 2.36. The Balaban J connectivity index is 1.86. The zero-order valence-electron chi connectivity index (χ0n) is 14.2. The van der Waals surface area contributed by atoms with Crippen molar-refractivity contribution in [3.8, 4) is 11.8 Å². The smallest absolute Gasteiger partial charge is 0.248 e. The average Bonchev–Trinajstić information content (AvgIpc) is 2.99. The molecule has 3 rings (SSSR count). The van der Waals surface area contributed by atoms with Crippen LogP contribution in [0.15, 0.2) is 36.5 Å². The molecule has 7 heteroatoms. The summed E-state index contributed by atoms with van der Waals surface area (Å²) >= 11 is 0. The van der Waals surface area contributed by atoms with Crippen molar-refractivity contribution in [2.24, 2.45) is 5.41 Å². The van der Waals surface area contributed by atoms with Gasteiger partial charge in [-0.15, -0.1) is 0 Å². The molecule has 1 aromatic carbocycles. The Labute approximate surface area is 146 Å². The maximum Gasteiger partial charge on any atom is 0.248 e. The largest absolute Gasteiger partial charge is 0.495 e. The van der Waals surface area contributed by atoms with Gasteiger partial charge in [0.1, 0.15) is 17.0 Å². The molecule has 128 valence electrons. The van der Waals surface area contributed by atoms with Crippen LogP contribution in [0.5, 0.6) is 5.75 Å². The summed E-state index contributed by atoms with van der Waals surface area (Å²) < 4.78 is 5.30. The average molecular weight is 337 g/mol. The number of nitriles is 1. The van der Waals surface area contributed by atoms with Gasteiger partial charge in [0.2, 0.25) is 11.9 Å². The Hall–Kier alpha value is -3.14. The van der Waals surface area contributed by atoms with Crippen LogP contribution in [0.2, 0.25) is 0 Å². The van der Waals surface area contributed by atoms with Crippen molar-refractivity contribution in [1.82, 2.24) is 9.97 Å². The fraction of sp³-hybridized carbons (Fsp3) is 0.333. The van der Waals surface area contributed by atoms with Crippen molar-refractivity contribution in [2.75, 3.05) is 23.9 Å². The second-order valence-electron chi connectivity index (χ2n) is 5.82. The zero-order valence-corrected chi connectivity index (χ0v) is 14.2. The zero-order chi connectivity index (χ0) is 17.9. The highest BCUT2D eigenvalue weighted by molar-refractivity contribution is 6.01. The van der Waals surface area contributed by atoms with E-state index in [-0.39, 0.29) is 5.91 Å². The standard InChI is InChI=1S/C18H19N5O2/c1-3-18(12-19)9-11-23(16(18)24)15-8-10-20-17(22-15)21-13-6-4-5-7-14(13)25-2/h4-8,10H,3,9,11H2,1-2H3,(H,20,21,22). The lowest BCUT2D eigenvalue weighted by Crippen LogP contribution is -2.33. The molecule has 1 aromatic heterocycles. The van der Waals surface area contributed by atoms with E-state index in [4.69, 9.17) is 4.74 Å². The van der Waals surface area contributed by atoms with Crippen LogP contribution >= 0.6 is 0 Å². The minimum atomic E-state index is -0.943. The van der Waals surface area contributed by atoms with Crippen molar-refractivity contribution < 1.29 is 9.53 Å². The molecule has 1 atom stereocenters. The minimum absolute atomic E-state index is 0.195.